The molecular weight excluding hydrogens is 279 g/mol. The molecule has 0 atom stereocenters. The second-order valence-corrected chi connectivity index (χ2v) is 5.87. The van der Waals surface area contributed by atoms with Gasteiger partial charge in [-0.2, -0.15) is 21.8 Å². The second-order valence-electron chi connectivity index (χ2n) is 3.95. The van der Waals surface area contributed by atoms with Gasteiger partial charge in [-0.15, -0.1) is 0 Å². The molecule has 3 rings (SSSR count). The minimum Gasteiger partial charge on any atom is -0.244 e. The zero-order valence-electron chi connectivity index (χ0n) is 8.94. The third-order valence-electron chi connectivity index (χ3n) is 2.92. The van der Waals surface area contributed by atoms with Crippen molar-refractivity contribution in [1.82, 2.24) is 19.7 Å². The summed E-state index contributed by atoms with van der Waals surface area (Å²) in [4.78, 5) is 8.16. The highest BCUT2D eigenvalue weighted by atomic mass is 35.5. The predicted molar refractivity (Wildman–Crippen MR) is 70.9 cm³/mol. The highest BCUT2D eigenvalue weighted by molar-refractivity contribution is 7.99. The van der Waals surface area contributed by atoms with Crippen molar-refractivity contribution in [1.29, 1.82) is 0 Å². The van der Waals surface area contributed by atoms with Gasteiger partial charge in [0.15, 0.2) is 5.65 Å². The normalized spacial score (nSPS) is 17.8. The topological polar surface area (TPSA) is 43.6 Å². The quantitative estimate of drug-likeness (QED) is 0.597. The van der Waals surface area contributed by atoms with Crippen LogP contribution in [0.15, 0.2) is 6.20 Å². The average molecular weight is 289 g/mol. The fraction of sp³-hybridized carbons (Fsp3) is 0.500. The van der Waals surface area contributed by atoms with Crippen molar-refractivity contribution in [2.75, 3.05) is 11.5 Å². The molecule has 0 saturated carbocycles. The van der Waals surface area contributed by atoms with Crippen molar-refractivity contribution < 1.29 is 0 Å². The van der Waals surface area contributed by atoms with Crippen LogP contribution in [0.4, 0.5) is 0 Å². The molecule has 0 bridgehead atoms. The second kappa shape index (κ2) is 4.63. The first-order valence-corrected chi connectivity index (χ1v) is 7.31. The van der Waals surface area contributed by atoms with Crippen LogP contribution in [0, 0.1) is 0 Å². The highest BCUT2D eigenvalue weighted by Gasteiger charge is 2.20. The van der Waals surface area contributed by atoms with Gasteiger partial charge in [-0.25, -0.2) is 9.67 Å². The number of halogens is 2. The van der Waals surface area contributed by atoms with Crippen molar-refractivity contribution >= 4 is 46.0 Å². The molecule has 1 fully saturated rings. The molecule has 0 aliphatic carbocycles. The predicted octanol–water partition coefficient (Wildman–Crippen LogP) is 3.20. The molecule has 3 heterocycles. The van der Waals surface area contributed by atoms with Gasteiger partial charge in [0.25, 0.3) is 0 Å². The van der Waals surface area contributed by atoms with Gasteiger partial charge in [-0.1, -0.05) is 11.6 Å². The maximum absolute atomic E-state index is 6.02. The van der Waals surface area contributed by atoms with Crippen LogP contribution in [0.2, 0.25) is 10.4 Å². The van der Waals surface area contributed by atoms with Crippen molar-refractivity contribution in [2.45, 2.75) is 18.9 Å². The van der Waals surface area contributed by atoms with Gasteiger partial charge in [-0.3, -0.25) is 0 Å². The van der Waals surface area contributed by atoms with E-state index in [1.165, 1.54) is 11.5 Å². The molecule has 0 amide bonds. The maximum Gasteiger partial charge on any atom is 0.225 e. The van der Waals surface area contributed by atoms with E-state index in [9.17, 15) is 0 Å². The third kappa shape index (κ3) is 2.11. The van der Waals surface area contributed by atoms with Gasteiger partial charge >= 0.3 is 0 Å². The maximum atomic E-state index is 6.02. The summed E-state index contributed by atoms with van der Waals surface area (Å²) in [6.45, 7) is 0. The van der Waals surface area contributed by atoms with Crippen LogP contribution < -0.4 is 0 Å². The summed E-state index contributed by atoms with van der Waals surface area (Å²) < 4.78 is 1.94. The summed E-state index contributed by atoms with van der Waals surface area (Å²) in [5.41, 5.74) is 0.743. The Labute approximate surface area is 113 Å². The van der Waals surface area contributed by atoms with Gasteiger partial charge in [0.2, 0.25) is 5.28 Å². The van der Waals surface area contributed by atoms with Crippen molar-refractivity contribution in [3.63, 3.8) is 0 Å². The Balaban J connectivity index is 2.10. The smallest absolute Gasteiger partial charge is 0.225 e. The Kier molecular flexibility index (Phi) is 3.15. The Hall–Kier alpha value is -0.520. The molecule has 0 aromatic carbocycles. The Morgan fingerprint density at radius 1 is 1.24 bits per heavy atom. The summed E-state index contributed by atoms with van der Waals surface area (Å²) in [7, 11) is 0. The molecular formula is C10H10Cl2N4S. The van der Waals surface area contributed by atoms with Crippen LogP contribution in [0.25, 0.3) is 11.0 Å². The zero-order valence-corrected chi connectivity index (χ0v) is 11.3. The van der Waals surface area contributed by atoms with Crippen molar-refractivity contribution in [3.05, 3.63) is 16.6 Å². The van der Waals surface area contributed by atoms with Gasteiger partial charge in [-0.05, 0) is 35.9 Å². The highest BCUT2D eigenvalue weighted by Crippen LogP contribution is 2.30. The Morgan fingerprint density at radius 3 is 2.76 bits per heavy atom. The molecule has 17 heavy (non-hydrogen) atoms. The average Bonchev–Trinajstić information content (AvgIpc) is 2.74. The van der Waals surface area contributed by atoms with E-state index in [-0.39, 0.29) is 5.28 Å². The molecule has 0 radical (unpaired) electrons. The van der Waals surface area contributed by atoms with E-state index in [1.807, 2.05) is 16.4 Å². The summed E-state index contributed by atoms with van der Waals surface area (Å²) in [6.07, 6.45) is 3.94. The molecule has 4 nitrogen and oxygen atoms in total. The first-order chi connectivity index (χ1) is 8.25. The fourth-order valence-electron chi connectivity index (χ4n) is 2.06. The van der Waals surface area contributed by atoms with Crippen molar-refractivity contribution in [3.8, 4) is 0 Å². The molecule has 1 aliphatic rings. The molecule has 0 spiro atoms. The number of aromatic nitrogens is 4. The molecule has 1 saturated heterocycles. The van der Waals surface area contributed by atoms with Gasteiger partial charge in [0.1, 0.15) is 5.15 Å². The van der Waals surface area contributed by atoms with E-state index in [1.54, 1.807) is 6.20 Å². The zero-order chi connectivity index (χ0) is 11.8. The largest absolute Gasteiger partial charge is 0.244 e. The summed E-state index contributed by atoms with van der Waals surface area (Å²) in [6, 6.07) is 0.399. The van der Waals surface area contributed by atoms with Gasteiger partial charge < -0.3 is 0 Å². The molecule has 0 unspecified atom stereocenters. The van der Waals surface area contributed by atoms with E-state index >= 15 is 0 Å². The molecule has 90 valence electrons. The molecule has 2 aromatic rings. The minimum atomic E-state index is 0.175. The van der Waals surface area contributed by atoms with Crippen LogP contribution >= 0.6 is 35.0 Å². The standard InChI is InChI=1S/C10H10Cl2N4S/c11-8-7-5-13-16(6-1-3-17-4-2-6)9(7)15-10(12)14-8/h5-6H,1-4H2. The number of hydrogen-bond donors (Lipinski definition) is 0. The summed E-state index contributed by atoms with van der Waals surface area (Å²) in [5.74, 6) is 2.33. The number of hydrogen-bond acceptors (Lipinski definition) is 4. The Morgan fingerprint density at radius 2 is 2.00 bits per heavy atom. The van der Waals surface area contributed by atoms with Crippen LogP contribution in [-0.4, -0.2) is 31.3 Å². The first-order valence-electron chi connectivity index (χ1n) is 5.39. The Bertz CT molecular complexity index is 550. The van der Waals surface area contributed by atoms with E-state index in [2.05, 4.69) is 15.1 Å². The van der Waals surface area contributed by atoms with Crippen LogP contribution in [-0.2, 0) is 0 Å². The number of fused-ring (bicyclic) bond motifs is 1. The van der Waals surface area contributed by atoms with E-state index in [4.69, 9.17) is 23.2 Å². The lowest BCUT2D eigenvalue weighted by molar-refractivity contribution is 0.437. The monoisotopic (exact) mass is 288 g/mol. The lowest BCUT2D eigenvalue weighted by atomic mass is 10.1. The lowest BCUT2D eigenvalue weighted by Crippen LogP contribution is -2.16. The van der Waals surface area contributed by atoms with Crippen LogP contribution in [0.1, 0.15) is 18.9 Å². The van der Waals surface area contributed by atoms with E-state index in [0.29, 0.717) is 11.2 Å². The van der Waals surface area contributed by atoms with Crippen molar-refractivity contribution in [2.24, 2.45) is 0 Å². The number of thioether (sulfide) groups is 1. The molecule has 7 heteroatoms. The summed E-state index contributed by atoms with van der Waals surface area (Å²) >= 11 is 13.8. The third-order valence-corrected chi connectivity index (χ3v) is 4.42. The van der Waals surface area contributed by atoms with Gasteiger partial charge in [0.05, 0.1) is 17.6 Å². The molecule has 1 aliphatic heterocycles. The van der Waals surface area contributed by atoms with E-state index in [0.717, 1.165) is 23.9 Å². The SMILES string of the molecule is Clc1nc(Cl)c2cnn(C3CCSCC3)c2n1. The molecule has 2 aromatic heterocycles. The lowest BCUT2D eigenvalue weighted by Gasteiger charge is -2.21. The minimum absolute atomic E-state index is 0.175. The fourth-order valence-corrected chi connectivity index (χ4v) is 3.57. The number of rotatable bonds is 1. The number of nitrogens with zero attached hydrogens (tertiary/aromatic N) is 4. The first kappa shape index (κ1) is 11.6. The summed E-state index contributed by atoms with van der Waals surface area (Å²) in [5, 5.41) is 5.70. The van der Waals surface area contributed by atoms with E-state index < -0.39 is 0 Å². The molecule has 0 N–H and O–H groups in total. The van der Waals surface area contributed by atoms with Crippen LogP contribution in [0.5, 0.6) is 0 Å². The van der Waals surface area contributed by atoms with Crippen LogP contribution in [0.3, 0.4) is 0 Å². The van der Waals surface area contributed by atoms with Gasteiger partial charge in [0, 0.05) is 0 Å².